The number of carbonyl (C=O) groups is 2. The summed E-state index contributed by atoms with van der Waals surface area (Å²) in [6.07, 6.45) is -8.12. The van der Waals surface area contributed by atoms with Gasteiger partial charge in [0, 0.05) is 12.0 Å². The van der Waals surface area contributed by atoms with Crippen molar-refractivity contribution in [1.29, 1.82) is 0 Å². The van der Waals surface area contributed by atoms with Gasteiger partial charge in [-0.15, -0.1) is 5.10 Å². The summed E-state index contributed by atoms with van der Waals surface area (Å²) in [5, 5.41) is 46.6. The van der Waals surface area contributed by atoms with Crippen LogP contribution in [-0.4, -0.2) is 92.3 Å². The first-order valence-corrected chi connectivity index (χ1v) is 13.6. The van der Waals surface area contributed by atoms with Crippen molar-refractivity contribution in [1.82, 2.24) is 9.78 Å². The van der Waals surface area contributed by atoms with Crippen LogP contribution >= 0.6 is 0 Å². The van der Waals surface area contributed by atoms with E-state index in [1.807, 2.05) is 44.2 Å². The van der Waals surface area contributed by atoms with Gasteiger partial charge >= 0.3 is 12.1 Å². The van der Waals surface area contributed by atoms with Crippen molar-refractivity contribution in [2.45, 2.75) is 70.1 Å². The van der Waals surface area contributed by atoms with Gasteiger partial charge in [0.05, 0.1) is 25.5 Å². The summed E-state index contributed by atoms with van der Waals surface area (Å²) in [7, 11) is 0.999. The summed E-state index contributed by atoms with van der Waals surface area (Å²) in [5.74, 6) is -0.705. The molecule has 1 fully saturated rings. The Balaban J connectivity index is 1.58. The van der Waals surface area contributed by atoms with Gasteiger partial charge in [-0.25, -0.2) is 9.59 Å². The van der Waals surface area contributed by atoms with Gasteiger partial charge in [0.1, 0.15) is 30.7 Å². The zero-order valence-corrected chi connectivity index (χ0v) is 24.2. The molecule has 4 rings (SSSR count). The maximum Gasteiger partial charge on any atom is 0.435 e. The van der Waals surface area contributed by atoms with Gasteiger partial charge in [-0.1, -0.05) is 42.5 Å². The number of hydrogen-bond acceptors (Lipinski definition) is 12. The second kappa shape index (κ2) is 13.5. The zero-order valence-electron chi connectivity index (χ0n) is 24.2. The molecule has 0 saturated carbocycles. The van der Waals surface area contributed by atoms with E-state index in [0.29, 0.717) is 17.0 Å². The van der Waals surface area contributed by atoms with Gasteiger partial charge in [-0.05, 0) is 44.0 Å². The van der Waals surface area contributed by atoms with E-state index in [1.165, 1.54) is 0 Å². The average molecular weight is 601 g/mol. The van der Waals surface area contributed by atoms with Crippen molar-refractivity contribution < 1.29 is 53.7 Å². The van der Waals surface area contributed by atoms with E-state index in [-0.39, 0.29) is 25.0 Å². The van der Waals surface area contributed by atoms with Crippen LogP contribution in [0.25, 0.3) is 0 Å². The lowest BCUT2D eigenvalue weighted by molar-refractivity contribution is -0.272. The normalized spacial score (nSPS) is 22.6. The smallest absolute Gasteiger partial charge is 0.435 e. The number of aromatic nitrogens is 2. The Labute approximate surface area is 248 Å². The number of methoxy groups -OCH3 is 1. The first kappa shape index (κ1) is 31.9. The Hall–Kier alpha value is -4.01. The van der Waals surface area contributed by atoms with Crippen molar-refractivity contribution in [3.05, 3.63) is 77.0 Å². The molecule has 0 bridgehead atoms. The van der Waals surface area contributed by atoms with Crippen molar-refractivity contribution in [2.24, 2.45) is 0 Å². The van der Waals surface area contributed by atoms with Gasteiger partial charge in [-0.3, -0.25) is 0 Å². The van der Waals surface area contributed by atoms with Crippen LogP contribution in [0.1, 0.15) is 36.2 Å². The lowest BCUT2D eigenvalue weighted by atomic mass is 9.87. The van der Waals surface area contributed by atoms with E-state index < -0.39 is 48.9 Å². The number of aliphatic hydroxyl groups excluding tert-OH is 3. The third-order valence-corrected chi connectivity index (χ3v) is 6.96. The first-order valence-electron chi connectivity index (χ1n) is 13.6. The van der Waals surface area contributed by atoms with Crippen LogP contribution in [0.3, 0.4) is 0 Å². The lowest BCUT2D eigenvalue weighted by Crippen LogP contribution is -2.67. The minimum Gasteiger partial charge on any atom is -0.491 e. The minimum absolute atomic E-state index is 0.00537. The van der Waals surface area contributed by atoms with Crippen LogP contribution in [0.15, 0.2) is 54.6 Å². The van der Waals surface area contributed by atoms with Crippen LogP contribution < -0.4 is 9.47 Å². The van der Waals surface area contributed by atoms with E-state index in [1.54, 1.807) is 31.2 Å². The summed E-state index contributed by atoms with van der Waals surface area (Å²) < 4.78 is 27.6. The Morgan fingerprint density at radius 3 is 2.37 bits per heavy atom. The maximum atomic E-state index is 13.0. The SMILES string of the molecule is COC(=O)[C@]1(O)CO[C@H](C(O)Oc2nn(C(=O)OCc3ccccc3)c(C)c2Cc2ccc(OC(C)C)cc2)[C@@H](O)[C@@H]1O. The quantitative estimate of drug-likeness (QED) is 0.195. The highest BCUT2D eigenvalue weighted by Crippen LogP contribution is 2.31. The van der Waals surface area contributed by atoms with E-state index in [4.69, 9.17) is 18.9 Å². The van der Waals surface area contributed by atoms with Crippen LogP contribution in [-0.2, 0) is 32.0 Å². The zero-order chi connectivity index (χ0) is 31.3. The van der Waals surface area contributed by atoms with Crippen molar-refractivity contribution in [3.63, 3.8) is 0 Å². The Morgan fingerprint density at radius 1 is 1.07 bits per heavy atom. The molecule has 2 aromatic carbocycles. The predicted octanol–water partition coefficient (Wildman–Crippen LogP) is 1.48. The topological polar surface area (TPSA) is 179 Å². The summed E-state index contributed by atoms with van der Waals surface area (Å²) >= 11 is 0. The van der Waals surface area contributed by atoms with Gasteiger partial charge in [0.2, 0.25) is 17.8 Å². The van der Waals surface area contributed by atoms with Crippen LogP contribution in [0.2, 0.25) is 0 Å². The molecule has 232 valence electrons. The number of rotatable bonds is 10. The number of ether oxygens (including phenoxy) is 5. The largest absolute Gasteiger partial charge is 0.491 e. The Kier molecular flexibility index (Phi) is 10.0. The number of carbonyl (C=O) groups excluding carboxylic acids is 2. The summed E-state index contributed by atoms with van der Waals surface area (Å²) in [6.45, 7) is 4.67. The fourth-order valence-corrected chi connectivity index (χ4v) is 4.59. The molecule has 3 aromatic rings. The molecule has 0 radical (unpaired) electrons. The average Bonchev–Trinajstić information content (AvgIpc) is 3.29. The minimum atomic E-state index is -2.55. The second-order valence-corrected chi connectivity index (χ2v) is 10.4. The third-order valence-electron chi connectivity index (χ3n) is 6.96. The molecular formula is C30H36N2O11. The number of aliphatic hydroxyl groups is 4. The second-order valence-electron chi connectivity index (χ2n) is 10.4. The Bertz CT molecular complexity index is 1390. The highest BCUT2D eigenvalue weighted by molar-refractivity contribution is 5.80. The molecule has 1 unspecified atom stereocenters. The summed E-state index contributed by atoms with van der Waals surface area (Å²) in [6, 6.07) is 16.3. The molecule has 1 aliphatic rings. The molecule has 13 heteroatoms. The Morgan fingerprint density at radius 2 is 1.74 bits per heavy atom. The molecule has 2 heterocycles. The fourth-order valence-electron chi connectivity index (χ4n) is 4.59. The maximum absolute atomic E-state index is 13.0. The van der Waals surface area contributed by atoms with E-state index in [9.17, 15) is 30.0 Å². The molecule has 1 aromatic heterocycles. The van der Waals surface area contributed by atoms with Gasteiger partial charge in [0.25, 0.3) is 0 Å². The molecule has 43 heavy (non-hydrogen) atoms. The number of hydrogen-bond donors (Lipinski definition) is 4. The molecule has 13 nitrogen and oxygen atoms in total. The van der Waals surface area contributed by atoms with Crippen LogP contribution in [0.4, 0.5) is 4.79 Å². The summed E-state index contributed by atoms with van der Waals surface area (Å²) in [4.78, 5) is 25.0. The van der Waals surface area contributed by atoms with Crippen molar-refractivity contribution in [2.75, 3.05) is 13.7 Å². The highest BCUT2D eigenvalue weighted by atomic mass is 16.6. The van der Waals surface area contributed by atoms with E-state index >= 15 is 0 Å². The van der Waals surface area contributed by atoms with Crippen LogP contribution in [0.5, 0.6) is 11.6 Å². The number of nitrogens with zero attached hydrogens (tertiary/aromatic N) is 2. The fraction of sp³-hybridized carbons (Fsp3) is 0.433. The molecular weight excluding hydrogens is 564 g/mol. The summed E-state index contributed by atoms with van der Waals surface area (Å²) in [5.41, 5.74) is -0.187. The standard InChI is InChI=1S/C30H36N2O11/c1-17(2)42-21-12-10-19(11-13-21)14-22-18(3)32(29(37)40-15-20-8-6-5-7-9-20)31-26(22)43-27(35)24-23(33)25(34)30(38,16-41-24)28(36)39-4/h5-13,17,23-25,27,33-35,38H,14-16H2,1-4H3/t23-,24+,25+,27?,30+/m1/s1. The van der Waals surface area contributed by atoms with Crippen molar-refractivity contribution in [3.8, 4) is 11.6 Å². The van der Waals surface area contributed by atoms with Gasteiger partial charge in [0.15, 0.2) is 0 Å². The molecule has 0 spiro atoms. The molecule has 0 aliphatic carbocycles. The molecule has 5 atom stereocenters. The first-order chi connectivity index (χ1) is 20.4. The number of benzene rings is 2. The predicted molar refractivity (Wildman–Crippen MR) is 149 cm³/mol. The lowest BCUT2D eigenvalue weighted by Gasteiger charge is -2.42. The van der Waals surface area contributed by atoms with Gasteiger partial charge in [-0.2, -0.15) is 4.68 Å². The third kappa shape index (κ3) is 7.14. The highest BCUT2D eigenvalue weighted by Gasteiger charge is 2.56. The molecule has 1 saturated heterocycles. The molecule has 1 aliphatic heterocycles. The van der Waals surface area contributed by atoms with E-state index in [2.05, 4.69) is 9.84 Å². The van der Waals surface area contributed by atoms with Crippen LogP contribution in [0, 0.1) is 6.92 Å². The number of esters is 1. The molecule has 4 N–H and O–H groups in total. The molecule has 0 amide bonds. The monoisotopic (exact) mass is 600 g/mol. The van der Waals surface area contributed by atoms with Gasteiger partial charge < -0.3 is 44.1 Å². The van der Waals surface area contributed by atoms with E-state index in [0.717, 1.165) is 22.9 Å². The van der Waals surface area contributed by atoms with Crippen molar-refractivity contribution >= 4 is 12.1 Å².